The van der Waals surface area contributed by atoms with Crippen LogP contribution in [0.4, 0.5) is 0 Å². The van der Waals surface area contributed by atoms with Gasteiger partial charge in [-0.1, -0.05) is 0 Å². The predicted molar refractivity (Wildman–Crippen MR) is 65.2 cm³/mol. The highest BCUT2D eigenvalue weighted by molar-refractivity contribution is 5.69. The summed E-state index contributed by atoms with van der Waals surface area (Å²) in [6, 6.07) is 0. The molecule has 3 heteroatoms. The van der Waals surface area contributed by atoms with Crippen molar-refractivity contribution < 1.29 is 9.90 Å². The molecule has 0 aromatic rings. The molecule has 0 spiro atoms. The van der Waals surface area contributed by atoms with Crippen molar-refractivity contribution in [2.75, 3.05) is 6.54 Å². The summed E-state index contributed by atoms with van der Waals surface area (Å²) in [4.78, 5) is 11.0. The van der Waals surface area contributed by atoms with Crippen molar-refractivity contribution in [1.82, 2.24) is 0 Å². The highest BCUT2D eigenvalue weighted by Gasteiger charge is 2.54. The quantitative estimate of drug-likeness (QED) is 0.786. The van der Waals surface area contributed by atoms with Gasteiger partial charge in [0.2, 0.25) is 0 Å². The first-order valence-corrected chi connectivity index (χ1v) is 6.88. The smallest absolute Gasteiger partial charge is 0.304 e. The Kier molecular flexibility index (Phi) is 2.69. The van der Waals surface area contributed by atoms with Crippen molar-refractivity contribution in [1.29, 1.82) is 0 Å². The van der Waals surface area contributed by atoms with Gasteiger partial charge in [0.15, 0.2) is 0 Å². The van der Waals surface area contributed by atoms with Gasteiger partial charge in [-0.3, -0.25) is 4.79 Å². The Morgan fingerprint density at radius 1 is 1.12 bits per heavy atom. The number of aliphatic carboxylic acids is 1. The van der Waals surface area contributed by atoms with Crippen LogP contribution >= 0.6 is 0 Å². The zero-order valence-corrected chi connectivity index (χ0v) is 10.3. The summed E-state index contributed by atoms with van der Waals surface area (Å²) in [5, 5.41) is 9.04. The SMILES string of the molecule is NC[C](CC(=O)O)C12CC3CC(CC(C3)C1)C2. The molecule has 0 amide bonds. The first-order valence-electron chi connectivity index (χ1n) is 6.88. The van der Waals surface area contributed by atoms with Gasteiger partial charge in [0.1, 0.15) is 0 Å². The lowest BCUT2D eigenvalue weighted by molar-refractivity contribution is -0.138. The number of carboxylic acids is 1. The number of nitrogens with two attached hydrogens (primary N) is 1. The molecule has 4 saturated carbocycles. The van der Waals surface area contributed by atoms with Gasteiger partial charge >= 0.3 is 5.97 Å². The van der Waals surface area contributed by atoms with Gasteiger partial charge in [-0.2, -0.15) is 0 Å². The van der Waals surface area contributed by atoms with E-state index in [1.807, 2.05) is 0 Å². The maximum Gasteiger partial charge on any atom is 0.304 e. The molecule has 0 aromatic heterocycles. The number of hydrogen-bond acceptors (Lipinski definition) is 2. The summed E-state index contributed by atoms with van der Waals surface area (Å²) < 4.78 is 0. The Morgan fingerprint density at radius 3 is 1.94 bits per heavy atom. The largest absolute Gasteiger partial charge is 0.481 e. The fourth-order valence-corrected chi connectivity index (χ4v) is 5.20. The van der Waals surface area contributed by atoms with Crippen LogP contribution in [0.3, 0.4) is 0 Å². The third-order valence-corrected chi connectivity index (χ3v) is 5.40. The number of carbonyl (C=O) groups is 1. The van der Waals surface area contributed by atoms with Gasteiger partial charge in [-0.05, 0) is 68.2 Å². The highest BCUT2D eigenvalue weighted by Crippen LogP contribution is 2.63. The maximum atomic E-state index is 11.0. The Labute approximate surface area is 103 Å². The fraction of sp³-hybridized carbons (Fsp3) is 0.857. The normalized spacial score (nSPS) is 43.3. The molecule has 0 saturated heterocycles. The van der Waals surface area contributed by atoms with Crippen LogP contribution in [0, 0.1) is 29.1 Å². The molecule has 4 bridgehead atoms. The second-order valence-corrected chi connectivity index (χ2v) is 6.58. The average molecular weight is 236 g/mol. The van der Waals surface area contributed by atoms with E-state index in [4.69, 9.17) is 10.8 Å². The van der Waals surface area contributed by atoms with Crippen molar-refractivity contribution in [3.8, 4) is 0 Å². The van der Waals surface area contributed by atoms with Crippen molar-refractivity contribution >= 4 is 5.97 Å². The molecule has 1 radical (unpaired) electrons. The molecule has 0 aromatic carbocycles. The lowest BCUT2D eigenvalue weighted by Gasteiger charge is -2.59. The molecule has 0 heterocycles. The Balaban J connectivity index is 1.82. The van der Waals surface area contributed by atoms with E-state index in [1.165, 1.54) is 38.5 Å². The summed E-state index contributed by atoms with van der Waals surface area (Å²) in [5.74, 6) is 3.00. The molecule has 0 atom stereocenters. The number of carboxylic acid groups (broad SMARTS) is 1. The Bertz CT molecular complexity index is 291. The summed E-state index contributed by atoms with van der Waals surface area (Å²) >= 11 is 0. The topological polar surface area (TPSA) is 63.3 Å². The van der Waals surface area contributed by atoms with Crippen molar-refractivity contribution in [3.05, 3.63) is 5.92 Å². The lowest BCUT2D eigenvalue weighted by Crippen LogP contribution is -2.50. The van der Waals surface area contributed by atoms with Gasteiger partial charge in [0.05, 0.1) is 6.42 Å². The van der Waals surface area contributed by atoms with Gasteiger partial charge in [0, 0.05) is 5.92 Å². The number of hydrogen-bond donors (Lipinski definition) is 2. The summed E-state index contributed by atoms with van der Waals surface area (Å²) in [7, 11) is 0. The minimum absolute atomic E-state index is 0.197. The lowest BCUT2D eigenvalue weighted by atomic mass is 9.46. The maximum absolute atomic E-state index is 11.0. The van der Waals surface area contributed by atoms with E-state index in [0.717, 1.165) is 23.7 Å². The predicted octanol–water partition coefficient (Wildman–Crippen LogP) is 2.21. The molecule has 4 fully saturated rings. The Hall–Kier alpha value is -0.570. The van der Waals surface area contributed by atoms with Crippen molar-refractivity contribution in [2.24, 2.45) is 28.9 Å². The van der Waals surface area contributed by atoms with E-state index < -0.39 is 5.97 Å². The molecule has 4 aliphatic rings. The molecule has 0 unspecified atom stereocenters. The van der Waals surface area contributed by atoms with Crippen LogP contribution in [0.2, 0.25) is 0 Å². The number of rotatable bonds is 4. The third-order valence-electron chi connectivity index (χ3n) is 5.40. The van der Waals surface area contributed by atoms with Crippen molar-refractivity contribution in [3.63, 3.8) is 0 Å². The zero-order chi connectivity index (χ0) is 12.0. The summed E-state index contributed by atoms with van der Waals surface area (Å²) in [5.41, 5.74) is 6.05. The Morgan fingerprint density at radius 2 is 1.59 bits per heavy atom. The van der Waals surface area contributed by atoms with Crippen LogP contribution in [0.1, 0.15) is 44.9 Å². The minimum Gasteiger partial charge on any atom is -0.481 e. The first-order chi connectivity index (χ1) is 8.11. The van der Waals surface area contributed by atoms with Crippen LogP contribution in [0.15, 0.2) is 0 Å². The second kappa shape index (κ2) is 3.98. The zero-order valence-electron chi connectivity index (χ0n) is 10.3. The van der Waals surface area contributed by atoms with E-state index in [1.54, 1.807) is 0 Å². The highest BCUT2D eigenvalue weighted by atomic mass is 16.4. The van der Waals surface area contributed by atoms with E-state index in [-0.39, 0.29) is 11.8 Å². The minimum atomic E-state index is -0.707. The van der Waals surface area contributed by atoms with Crippen LogP contribution < -0.4 is 5.73 Å². The van der Waals surface area contributed by atoms with Crippen LogP contribution in [-0.4, -0.2) is 17.6 Å². The average Bonchev–Trinajstić information content (AvgIpc) is 2.23. The summed E-state index contributed by atoms with van der Waals surface area (Å²) in [6.07, 6.45) is 8.04. The molecule has 4 rings (SSSR count). The van der Waals surface area contributed by atoms with Gasteiger partial charge in [-0.15, -0.1) is 0 Å². The van der Waals surface area contributed by atoms with Gasteiger partial charge in [-0.25, -0.2) is 0 Å². The molecule has 4 aliphatic carbocycles. The fourth-order valence-electron chi connectivity index (χ4n) is 5.20. The molecular weight excluding hydrogens is 214 g/mol. The van der Waals surface area contributed by atoms with E-state index in [2.05, 4.69) is 0 Å². The second-order valence-electron chi connectivity index (χ2n) is 6.58. The van der Waals surface area contributed by atoms with E-state index in [0.29, 0.717) is 6.54 Å². The van der Waals surface area contributed by atoms with Gasteiger partial charge < -0.3 is 10.8 Å². The van der Waals surface area contributed by atoms with Crippen LogP contribution in [0.25, 0.3) is 0 Å². The molecule has 3 N–H and O–H groups in total. The first kappa shape index (κ1) is 11.5. The molecule has 17 heavy (non-hydrogen) atoms. The van der Waals surface area contributed by atoms with E-state index in [9.17, 15) is 4.79 Å². The van der Waals surface area contributed by atoms with Crippen LogP contribution in [0.5, 0.6) is 0 Å². The molecular formula is C14H22NO2. The standard InChI is InChI=1S/C14H22NO2/c15-8-12(4-13(16)17)14-5-9-1-10(6-14)3-11(2-9)7-14/h9-11H,1-8,15H2,(H,16,17). The van der Waals surface area contributed by atoms with Crippen LogP contribution in [-0.2, 0) is 4.79 Å². The molecule has 3 nitrogen and oxygen atoms in total. The molecule has 0 aliphatic heterocycles. The molecule has 95 valence electrons. The van der Waals surface area contributed by atoms with Gasteiger partial charge in [0.25, 0.3) is 0 Å². The van der Waals surface area contributed by atoms with E-state index >= 15 is 0 Å². The summed E-state index contributed by atoms with van der Waals surface area (Å²) in [6.45, 7) is 0.471. The monoisotopic (exact) mass is 236 g/mol. The third kappa shape index (κ3) is 1.88. The van der Waals surface area contributed by atoms with Crippen molar-refractivity contribution in [2.45, 2.75) is 44.9 Å².